The van der Waals surface area contributed by atoms with Gasteiger partial charge < -0.3 is 9.62 Å². The van der Waals surface area contributed by atoms with Crippen LogP contribution in [0.5, 0.6) is 0 Å². The molecule has 0 bridgehead atoms. The summed E-state index contributed by atoms with van der Waals surface area (Å²) in [6.45, 7) is 10.9. The minimum Gasteiger partial charge on any atom is -0.363 e. The predicted octanol–water partition coefficient (Wildman–Crippen LogP) is 6.25. The number of rotatable bonds is 7. The largest absolute Gasteiger partial charge is 0.363 e. The van der Waals surface area contributed by atoms with Crippen LogP contribution in [0.4, 0.5) is 11.5 Å². The molecule has 30 heavy (non-hydrogen) atoms. The predicted molar refractivity (Wildman–Crippen MR) is 131 cm³/mol. The molecule has 1 fully saturated rings. The van der Waals surface area contributed by atoms with Gasteiger partial charge in [0.15, 0.2) is 5.82 Å². The Morgan fingerprint density at radius 3 is 2.93 bits per heavy atom. The number of piperidine rings is 1. The van der Waals surface area contributed by atoms with E-state index in [-0.39, 0.29) is 6.04 Å². The average molecular weight is 440 g/mol. The van der Waals surface area contributed by atoms with Crippen molar-refractivity contribution >= 4 is 53.7 Å². The monoisotopic (exact) mass is 439 g/mol. The molecule has 1 unspecified atom stereocenters. The van der Waals surface area contributed by atoms with Gasteiger partial charge in [-0.15, -0.1) is 6.42 Å². The van der Waals surface area contributed by atoms with Crippen LogP contribution in [-0.4, -0.2) is 34.2 Å². The van der Waals surface area contributed by atoms with Crippen LogP contribution < -0.4 is 4.72 Å². The van der Waals surface area contributed by atoms with E-state index < -0.39 is 0 Å². The molecule has 0 spiro atoms. The third-order valence-corrected chi connectivity index (χ3v) is 5.80. The molecular weight excluding hydrogens is 414 g/mol. The average Bonchev–Trinajstić information content (AvgIpc) is 3.17. The lowest BCUT2D eigenvalue weighted by Crippen LogP contribution is -2.32. The molecule has 7 heteroatoms. The summed E-state index contributed by atoms with van der Waals surface area (Å²) in [6.07, 6.45) is 12.5. The van der Waals surface area contributed by atoms with Crippen molar-refractivity contribution in [3.05, 3.63) is 52.7 Å². The zero-order valence-corrected chi connectivity index (χ0v) is 18.9. The van der Waals surface area contributed by atoms with Crippen LogP contribution in [0.2, 0.25) is 5.02 Å². The van der Waals surface area contributed by atoms with Crippen LogP contribution >= 0.6 is 23.5 Å². The number of hydrogen-bond acceptors (Lipinski definition) is 5. The molecule has 156 valence electrons. The van der Waals surface area contributed by atoms with Gasteiger partial charge in [-0.2, -0.15) is 5.10 Å². The first-order chi connectivity index (χ1) is 14.5. The fourth-order valence-corrected chi connectivity index (χ4v) is 4.24. The summed E-state index contributed by atoms with van der Waals surface area (Å²) in [4.78, 5) is 6.44. The molecule has 1 aromatic heterocycles. The van der Waals surface area contributed by atoms with Crippen molar-refractivity contribution in [2.75, 3.05) is 17.5 Å². The molecule has 0 saturated carbocycles. The Labute approximate surface area is 188 Å². The van der Waals surface area contributed by atoms with Gasteiger partial charge in [-0.3, -0.25) is 0 Å². The van der Waals surface area contributed by atoms with E-state index in [1.54, 1.807) is 22.8 Å². The summed E-state index contributed by atoms with van der Waals surface area (Å²) in [6, 6.07) is 7.90. The summed E-state index contributed by atoms with van der Waals surface area (Å²) in [5.74, 6) is 3.29. The first-order valence-corrected chi connectivity index (χ1v) is 11.3. The van der Waals surface area contributed by atoms with Gasteiger partial charge in [0.25, 0.3) is 0 Å². The number of hydrogen-bond donors (Lipinski definition) is 1. The molecular formula is C23H26ClN5S. The Kier molecular flexibility index (Phi) is 7.30. The maximum Gasteiger partial charge on any atom is 0.154 e. The molecule has 1 aromatic carbocycles. The second-order valence-corrected chi connectivity index (χ2v) is 8.18. The van der Waals surface area contributed by atoms with E-state index in [1.165, 1.54) is 0 Å². The Morgan fingerprint density at radius 2 is 2.23 bits per heavy atom. The molecule has 1 N–H and O–H groups in total. The summed E-state index contributed by atoms with van der Waals surface area (Å²) in [5, 5.41) is 5.46. The van der Waals surface area contributed by atoms with E-state index in [4.69, 9.17) is 23.1 Å². The van der Waals surface area contributed by atoms with Crippen molar-refractivity contribution in [3.63, 3.8) is 0 Å². The third kappa shape index (κ3) is 4.75. The van der Waals surface area contributed by atoms with Crippen LogP contribution in [-0.2, 0) is 0 Å². The minimum absolute atomic E-state index is 0.0913. The van der Waals surface area contributed by atoms with E-state index in [2.05, 4.69) is 33.8 Å². The van der Waals surface area contributed by atoms with Crippen molar-refractivity contribution in [2.45, 2.75) is 32.2 Å². The lowest BCUT2D eigenvalue weighted by Gasteiger charge is -2.38. The highest BCUT2D eigenvalue weighted by Gasteiger charge is 2.29. The van der Waals surface area contributed by atoms with Gasteiger partial charge in [-0.25, -0.2) is 9.67 Å². The maximum atomic E-state index is 6.31. The zero-order chi connectivity index (χ0) is 21.7. The first-order valence-electron chi connectivity index (χ1n) is 9.74. The molecule has 1 aliphatic rings. The Hall–Kier alpha value is -2.62. The molecule has 5 nitrogen and oxygen atoms in total. The Morgan fingerprint density at radius 1 is 1.43 bits per heavy atom. The molecule has 3 rings (SSSR count). The number of likely N-dealkylation sites (tertiary alicyclic amines) is 1. The molecule has 2 aromatic rings. The molecule has 1 atom stereocenters. The molecule has 1 saturated heterocycles. The van der Waals surface area contributed by atoms with E-state index >= 15 is 0 Å². The van der Waals surface area contributed by atoms with Gasteiger partial charge in [-0.05, 0) is 51.1 Å². The topological polar surface area (TPSA) is 45.5 Å². The van der Waals surface area contributed by atoms with Gasteiger partial charge in [-0.1, -0.05) is 36.0 Å². The fraction of sp³-hybridized carbons (Fsp3) is 0.304. The van der Waals surface area contributed by atoms with E-state index in [0.29, 0.717) is 10.8 Å². The molecule has 0 radical (unpaired) electrons. The van der Waals surface area contributed by atoms with Crippen LogP contribution in [0.3, 0.4) is 0 Å². The molecule has 0 aliphatic carbocycles. The van der Waals surface area contributed by atoms with E-state index in [1.807, 2.05) is 37.4 Å². The van der Waals surface area contributed by atoms with Gasteiger partial charge in [0, 0.05) is 46.9 Å². The second kappa shape index (κ2) is 9.92. The third-order valence-electron chi connectivity index (χ3n) is 5.14. The van der Waals surface area contributed by atoms with Gasteiger partial charge in [0.1, 0.15) is 0 Å². The van der Waals surface area contributed by atoms with Crippen LogP contribution in [0.1, 0.15) is 43.5 Å². The van der Waals surface area contributed by atoms with E-state index in [0.717, 1.165) is 54.0 Å². The van der Waals surface area contributed by atoms with Crippen LogP contribution in [0.25, 0.3) is 11.9 Å². The van der Waals surface area contributed by atoms with Gasteiger partial charge in [0.05, 0.1) is 17.4 Å². The minimum atomic E-state index is 0.0913. The van der Waals surface area contributed by atoms with Crippen molar-refractivity contribution in [2.24, 2.45) is 4.99 Å². The number of terminal acetylenes is 1. The normalized spacial score (nSPS) is 16.8. The maximum absolute atomic E-state index is 6.31. The number of benzene rings is 1. The van der Waals surface area contributed by atoms with Crippen molar-refractivity contribution < 1.29 is 0 Å². The number of allylic oxidation sites excluding steroid dienone is 1. The van der Waals surface area contributed by atoms with Crippen molar-refractivity contribution in [1.82, 2.24) is 14.7 Å². The van der Waals surface area contributed by atoms with Gasteiger partial charge in [0.2, 0.25) is 0 Å². The number of aromatic nitrogens is 2. The summed E-state index contributed by atoms with van der Waals surface area (Å²) >= 11 is 7.85. The van der Waals surface area contributed by atoms with Crippen LogP contribution in [0, 0.1) is 12.3 Å². The highest BCUT2D eigenvalue weighted by atomic mass is 35.5. The number of nitrogens with one attached hydrogen (secondary N) is 1. The lowest BCUT2D eigenvalue weighted by molar-refractivity contribution is 0.226. The quantitative estimate of drug-likeness (QED) is 0.314. The Bertz CT molecular complexity index is 1020. The zero-order valence-electron chi connectivity index (χ0n) is 17.4. The Balaban J connectivity index is 1.99. The van der Waals surface area contributed by atoms with Crippen molar-refractivity contribution in [1.29, 1.82) is 0 Å². The van der Waals surface area contributed by atoms with Crippen molar-refractivity contribution in [3.8, 4) is 12.3 Å². The summed E-state index contributed by atoms with van der Waals surface area (Å²) < 4.78 is 5.03. The fourth-order valence-electron chi connectivity index (χ4n) is 3.67. The van der Waals surface area contributed by atoms with E-state index in [9.17, 15) is 0 Å². The molecule has 1 aliphatic heterocycles. The highest BCUT2D eigenvalue weighted by Crippen LogP contribution is 2.39. The highest BCUT2D eigenvalue weighted by molar-refractivity contribution is 7.99. The number of aliphatic imine (C=N–C) groups is 1. The number of anilines is 1. The SMILES string of the molecule is C#C/C(C)=C\n1nc(C2CCCCN2C(=C)c2cc(Cl)ccc2NSC)cc1N=C. The summed E-state index contributed by atoms with van der Waals surface area (Å²) in [7, 11) is 0. The first kappa shape index (κ1) is 22.1. The molecule has 2 heterocycles. The number of nitrogens with zero attached hydrogens (tertiary/aromatic N) is 4. The second-order valence-electron chi connectivity index (χ2n) is 7.13. The lowest BCUT2D eigenvalue weighted by atomic mass is 9.97. The van der Waals surface area contributed by atoms with Gasteiger partial charge >= 0.3 is 0 Å². The summed E-state index contributed by atoms with van der Waals surface area (Å²) in [5.41, 5.74) is 4.62. The van der Waals surface area contributed by atoms with Crippen LogP contribution in [0.15, 0.2) is 41.4 Å². The number of halogens is 1. The standard InChI is InChI=1S/C23H26ClN5S/c1-6-16(2)15-29-23(25-4)14-21(26-29)22-9-7-8-12-28(22)17(3)19-13-18(24)10-11-20(19)27-30-5/h1,10-11,13-15,22,27H,3-4,7-9,12H2,2,5H3/b16-15-. The smallest absolute Gasteiger partial charge is 0.154 e. The molecule has 0 amide bonds.